The van der Waals surface area contributed by atoms with E-state index in [1.54, 1.807) is 36.3 Å². The number of ether oxygens (including phenoxy) is 1. The van der Waals surface area contributed by atoms with Crippen LogP contribution in [0.2, 0.25) is 5.02 Å². The maximum Gasteiger partial charge on any atom is 0.412 e. The van der Waals surface area contributed by atoms with Crippen LogP contribution in [0, 0.1) is 5.82 Å². The van der Waals surface area contributed by atoms with E-state index in [1.165, 1.54) is 6.07 Å². The smallest absolute Gasteiger partial charge is 0.412 e. The Balaban J connectivity index is 1.63. The van der Waals surface area contributed by atoms with Crippen LogP contribution in [-0.2, 0) is 11.3 Å². The topological polar surface area (TPSA) is 94.9 Å². The number of aromatic nitrogens is 1. The number of nitrogens with zero attached hydrogens (tertiary/aromatic N) is 2. The molecule has 1 heterocycles. The van der Waals surface area contributed by atoms with Crippen LogP contribution in [-0.4, -0.2) is 58.6 Å². The molecule has 0 aliphatic rings. The summed E-state index contributed by atoms with van der Waals surface area (Å²) in [6.07, 6.45) is 0.0937. The number of fused-ring (bicyclic) bond motifs is 1. The van der Waals surface area contributed by atoms with Gasteiger partial charge in [0.05, 0.1) is 17.7 Å². The number of carbonyl (C=O) groups excluding carboxylic acids is 1. The minimum atomic E-state index is -1.00. The molecule has 0 aliphatic heterocycles. The van der Waals surface area contributed by atoms with Gasteiger partial charge in [-0.05, 0) is 36.6 Å². The summed E-state index contributed by atoms with van der Waals surface area (Å²) in [6.45, 7) is -0.241. The number of benzene rings is 2. The largest absolute Gasteiger partial charge is 0.448 e. The fourth-order valence-electron chi connectivity index (χ4n) is 3.30. The molecular formula is C23H25ClFN3O4. The van der Waals surface area contributed by atoms with Crippen molar-refractivity contribution in [3.63, 3.8) is 0 Å². The molecule has 7 nitrogen and oxygen atoms in total. The molecule has 3 N–H and O–H groups in total. The molecular weight excluding hydrogens is 437 g/mol. The normalized spacial score (nSPS) is 13.2. The zero-order valence-corrected chi connectivity index (χ0v) is 18.3. The molecule has 2 atom stereocenters. The lowest BCUT2D eigenvalue weighted by Crippen LogP contribution is -2.39. The van der Waals surface area contributed by atoms with Gasteiger partial charge in [0.15, 0.2) is 0 Å². The summed E-state index contributed by atoms with van der Waals surface area (Å²) in [5, 5.41) is 23.6. The number of amides is 1. The number of hydrogen-bond acceptors (Lipinski definition) is 6. The van der Waals surface area contributed by atoms with Crippen LogP contribution in [0.4, 0.5) is 15.0 Å². The van der Waals surface area contributed by atoms with E-state index in [0.717, 1.165) is 10.8 Å². The van der Waals surface area contributed by atoms with Crippen molar-refractivity contribution in [2.45, 2.75) is 25.1 Å². The molecule has 0 unspecified atom stereocenters. The second-order valence-corrected chi connectivity index (χ2v) is 7.87. The SMILES string of the molecule is CN(Cc1cccc(F)c1Cl)[C@@H](COC(=O)Nc1cc2ccccc2cn1)C[C@@H](O)CO. The molecule has 0 spiro atoms. The van der Waals surface area contributed by atoms with Crippen molar-refractivity contribution >= 4 is 34.3 Å². The van der Waals surface area contributed by atoms with E-state index >= 15 is 0 Å². The van der Waals surface area contributed by atoms with E-state index < -0.39 is 30.7 Å². The zero-order valence-electron chi connectivity index (χ0n) is 17.5. The molecule has 0 aliphatic carbocycles. The van der Waals surface area contributed by atoms with Crippen molar-refractivity contribution < 1.29 is 24.1 Å². The Morgan fingerprint density at radius 3 is 2.75 bits per heavy atom. The van der Waals surface area contributed by atoms with Crippen molar-refractivity contribution in [1.29, 1.82) is 0 Å². The van der Waals surface area contributed by atoms with Crippen LogP contribution in [0.25, 0.3) is 10.8 Å². The van der Waals surface area contributed by atoms with Crippen molar-refractivity contribution in [3.05, 3.63) is 71.1 Å². The molecule has 0 fully saturated rings. The molecule has 0 saturated carbocycles. The van der Waals surface area contributed by atoms with Crippen LogP contribution in [0.15, 0.2) is 54.7 Å². The Hall–Kier alpha value is -2.78. The van der Waals surface area contributed by atoms with Gasteiger partial charge in [0.25, 0.3) is 0 Å². The average molecular weight is 462 g/mol. The van der Waals surface area contributed by atoms with Crippen LogP contribution >= 0.6 is 11.6 Å². The first-order valence-corrected chi connectivity index (χ1v) is 10.5. The number of nitrogens with one attached hydrogen (secondary N) is 1. The zero-order chi connectivity index (χ0) is 23.1. The Labute approximate surface area is 190 Å². The number of aliphatic hydroxyl groups excluding tert-OH is 2. The van der Waals surface area contributed by atoms with Crippen molar-refractivity contribution in [2.24, 2.45) is 0 Å². The molecule has 2 aromatic carbocycles. The molecule has 3 rings (SSSR count). The summed E-state index contributed by atoms with van der Waals surface area (Å²) in [5.41, 5.74) is 0.558. The second kappa shape index (κ2) is 11.2. The van der Waals surface area contributed by atoms with Crippen LogP contribution in [0.5, 0.6) is 0 Å². The van der Waals surface area contributed by atoms with Crippen LogP contribution in [0.3, 0.4) is 0 Å². The van der Waals surface area contributed by atoms with Gasteiger partial charge >= 0.3 is 6.09 Å². The highest BCUT2D eigenvalue weighted by atomic mass is 35.5. The van der Waals surface area contributed by atoms with Gasteiger partial charge in [-0.1, -0.05) is 48.0 Å². The standard InChI is InChI=1S/C23H25ClFN3O4/c1-28(12-17-7-4-8-20(25)22(17)24)18(10-19(30)13-29)14-32-23(31)27-21-9-15-5-2-3-6-16(15)11-26-21/h2-9,11,18-19,29-30H,10,12-14H2,1H3,(H,26,27,31)/t18-,19-/m1/s1. The fourth-order valence-corrected chi connectivity index (χ4v) is 3.48. The number of hydrogen-bond donors (Lipinski definition) is 3. The molecule has 0 bridgehead atoms. The third kappa shape index (κ3) is 6.37. The third-order valence-electron chi connectivity index (χ3n) is 5.10. The average Bonchev–Trinajstić information content (AvgIpc) is 2.79. The maximum absolute atomic E-state index is 13.7. The summed E-state index contributed by atoms with van der Waals surface area (Å²) in [4.78, 5) is 18.3. The Kier molecular flexibility index (Phi) is 8.35. The van der Waals surface area contributed by atoms with Crippen molar-refractivity contribution in [3.8, 4) is 0 Å². The van der Waals surface area contributed by atoms with Gasteiger partial charge < -0.3 is 14.9 Å². The maximum atomic E-state index is 13.7. The number of pyridine rings is 1. The minimum Gasteiger partial charge on any atom is -0.448 e. The first-order chi connectivity index (χ1) is 15.4. The van der Waals surface area contributed by atoms with Gasteiger partial charge in [-0.25, -0.2) is 14.2 Å². The highest BCUT2D eigenvalue weighted by Gasteiger charge is 2.22. The number of rotatable bonds is 9. The van der Waals surface area contributed by atoms with E-state index in [4.69, 9.17) is 16.3 Å². The number of halogens is 2. The molecule has 1 amide bonds. The number of carbonyl (C=O) groups is 1. The first kappa shape index (κ1) is 23.9. The number of aliphatic hydroxyl groups is 2. The number of anilines is 1. The summed E-state index contributed by atoms with van der Waals surface area (Å²) in [7, 11) is 1.74. The molecule has 0 saturated heterocycles. The molecule has 32 heavy (non-hydrogen) atoms. The molecule has 9 heteroatoms. The molecule has 0 radical (unpaired) electrons. The third-order valence-corrected chi connectivity index (χ3v) is 5.52. The summed E-state index contributed by atoms with van der Waals surface area (Å²) in [5.74, 6) is -0.177. The molecule has 1 aromatic heterocycles. The lowest BCUT2D eigenvalue weighted by Gasteiger charge is -2.29. The quantitative estimate of drug-likeness (QED) is 0.448. The van der Waals surface area contributed by atoms with Gasteiger partial charge in [0.1, 0.15) is 18.2 Å². The lowest BCUT2D eigenvalue weighted by atomic mass is 10.1. The van der Waals surface area contributed by atoms with Gasteiger partial charge in [-0.2, -0.15) is 0 Å². The first-order valence-electron chi connectivity index (χ1n) is 10.1. The molecule has 3 aromatic rings. The van der Waals surface area contributed by atoms with Gasteiger partial charge in [0, 0.05) is 24.2 Å². The van der Waals surface area contributed by atoms with Crippen molar-refractivity contribution in [1.82, 2.24) is 9.88 Å². The number of likely N-dealkylation sites (N-methyl/N-ethyl adjacent to an activating group) is 1. The predicted molar refractivity (Wildman–Crippen MR) is 121 cm³/mol. The van der Waals surface area contributed by atoms with E-state index in [0.29, 0.717) is 11.4 Å². The highest BCUT2D eigenvalue weighted by Crippen LogP contribution is 2.22. The van der Waals surface area contributed by atoms with Gasteiger partial charge in [0.2, 0.25) is 0 Å². The lowest BCUT2D eigenvalue weighted by molar-refractivity contribution is 0.0382. The van der Waals surface area contributed by atoms with Crippen LogP contribution < -0.4 is 5.32 Å². The Morgan fingerprint density at radius 2 is 2.00 bits per heavy atom. The van der Waals surface area contributed by atoms with E-state index in [2.05, 4.69) is 10.3 Å². The summed E-state index contributed by atoms with van der Waals surface area (Å²) < 4.78 is 19.1. The Bertz CT molecular complexity index is 1070. The predicted octanol–water partition coefficient (Wildman–Crippen LogP) is 3.82. The summed E-state index contributed by atoms with van der Waals surface area (Å²) >= 11 is 6.04. The van der Waals surface area contributed by atoms with Crippen molar-refractivity contribution in [2.75, 3.05) is 25.6 Å². The van der Waals surface area contributed by atoms with E-state index in [-0.39, 0.29) is 24.6 Å². The van der Waals surface area contributed by atoms with Crippen LogP contribution in [0.1, 0.15) is 12.0 Å². The van der Waals surface area contributed by atoms with Gasteiger partial charge in [-0.3, -0.25) is 10.2 Å². The monoisotopic (exact) mass is 461 g/mol. The van der Waals surface area contributed by atoms with E-state index in [1.807, 2.05) is 24.3 Å². The minimum absolute atomic E-state index is 0.0156. The fraction of sp³-hybridized carbons (Fsp3) is 0.304. The highest BCUT2D eigenvalue weighted by molar-refractivity contribution is 6.31. The van der Waals surface area contributed by atoms with E-state index in [9.17, 15) is 19.4 Å². The molecule has 170 valence electrons. The summed E-state index contributed by atoms with van der Waals surface area (Å²) in [6, 6.07) is 13.4. The second-order valence-electron chi connectivity index (χ2n) is 7.49. The van der Waals surface area contributed by atoms with Gasteiger partial charge in [-0.15, -0.1) is 0 Å². The Morgan fingerprint density at radius 1 is 1.25 bits per heavy atom.